The Balaban J connectivity index is 1.77. The summed E-state index contributed by atoms with van der Waals surface area (Å²) in [7, 11) is 0. The maximum atomic E-state index is 13.2. The number of barbiturate groups is 1. The average molecular weight is 420 g/mol. The number of rotatable bonds is 3. The van der Waals surface area contributed by atoms with Crippen molar-refractivity contribution in [1.82, 2.24) is 9.88 Å². The molecular weight excluding hydrogens is 402 g/mol. The minimum Gasteiger partial charge on any atom is -0.317 e. The van der Waals surface area contributed by atoms with Crippen molar-refractivity contribution in [2.45, 2.75) is 13.8 Å². The normalized spacial score (nSPS) is 15.6. The van der Waals surface area contributed by atoms with Gasteiger partial charge in [-0.3, -0.25) is 14.9 Å². The van der Waals surface area contributed by atoms with Crippen molar-refractivity contribution in [3.63, 3.8) is 0 Å². The van der Waals surface area contributed by atoms with E-state index in [1.807, 2.05) is 48.0 Å². The maximum Gasteiger partial charge on any atom is 0.335 e. The van der Waals surface area contributed by atoms with Gasteiger partial charge in [-0.25, -0.2) is 9.69 Å². The number of carbonyl (C=O) groups excluding carboxylic acids is 3. The third kappa shape index (κ3) is 3.42. The quantitative estimate of drug-likeness (QED) is 0.504. The fourth-order valence-electron chi connectivity index (χ4n) is 3.31. The van der Waals surface area contributed by atoms with Crippen molar-refractivity contribution in [2.75, 3.05) is 4.90 Å². The molecule has 1 aliphatic rings. The van der Waals surface area contributed by atoms with Crippen LogP contribution in [0.2, 0.25) is 5.02 Å². The van der Waals surface area contributed by atoms with Gasteiger partial charge in [-0.05, 0) is 61.9 Å². The van der Waals surface area contributed by atoms with E-state index < -0.39 is 17.8 Å². The summed E-state index contributed by atoms with van der Waals surface area (Å²) in [6.45, 7) is 3.71. The van der Waals surface area contributed by atoms with Crippen LogP contribution in [-0.4, -0.2) is 22.4 Å². The lowest BCUT2D eigenvalue weighted by molar-refractivity contribution is -0.122. The van der Waals surface area contributed by atoms with Crippen molar-refractivity contribution in [1.29, 1.82) is 0 Å². The molecule has 0 atom stereocenters. The zero-order valence-electron chi connectivity index (χ0n) is 16.3. The molecule has 30 heavy (non-hydrogen) atoms. The van der Waals surface area contributed by atoms with Crippen LogP contribution in [0.15, 0.2) is 66.4 Å². The van der Waals surface area contributed by atoms with Crippen LogP contribution >= 0.6 is 11.6 Å². The molecule has 0 bridgehead atoms. The van der Waals surface area contributed by atoms with Crippen molar-refractivity contribution in [3.05, 3.63) is 88.2 Å². The molecule has 6 nitrogen and oxygen atoms in total. The Kier molecular flexibility index (Phi) is 5.01. The molecule has 1 N–H and O–H groups in total. The predicted molar refractivity (Wildman–Crippen MR) is 116 cm³/mol. The zero-order valence-corrected chi connectivity index (χ0v) is 17.1. The van der Waals surface area contributed by atoms with Gasteiger partial charge in [0.2, 0.25) is 0 Å². The Hall–Kier alpha value is -3.64. The highest BCUT2D eigenvalue weighted by molar-refractivity contribution is 6.39. The standard InChI is InChI=1S/C23H18ClN3O3/c1-14-8-10-16(11-9-14)26-12-4-5-17(26)13-18-21(28)25-23(30)27(22(18)29)20-7-3-6-19(24)15(20)2/h3-13H,1-2H3,(H,25,28,30)/b18-13-. The molecule has 1 aliphatic heterocycles. The first kappa shape index (κ1) is 19.7. The molecule has 2 aromatic carbocycles. The third-order valence-corrected chi connectivity index (χ3v) is 5.38. The van der Waals surface area contributed by atoms with Crippen LogP contribution in [0, 0.1) is 13.8 Å². The van der Waals surface area contributed by atoms with Crippen molar-refractivity contribution >= 4 is 41.2 Å². The first-order chi connectivity index (χ1) is 14.4. The topological polar surface area (TPSA) is 71.4 Å². The third-order valence-electron chi connectivity index (χ3n) is 4.97. The molecule has 150 valence electrons. The molecule has 7 heteroatoms. The van der Waals surface area contributed by atoms with Crippen LogP contribution < -0.4 is 10.2 Å². The first-order valence-corrected chi connectivity index (χ1v) is 9.65. The average Bonchev–Trinajstić information content (AvgIpc) is 3.17. The number of aromatic nitrogens is 1. The summed E-state index contributed by atoms with van der Waals surface area (Å²) in [4.78, 5) is 39.0. The molecule has 4 amide bonds. The second kappa shape index (κ2) is 7.65. The summed E-state index contributed by atoms with van der Waals surface area (Å²) >= 11 is 6.15. The number of benzene rings is 2. The second-order valence-corrected chi connectivity index (χ2v) is 7.39. The van der Waals surface area contributed by atoms with Gasteiger partial charge in [-0.1, -0.05) is 35.4 Å². The minimum absolute atomic E-state index is 0.138. The number of imide groups is 2. The molecule has 0 aliphatic carbocycles. The molecule has 0 radical (unpaired) electrons. The maximum absolute atomic E-state index is 13.2. The number of carbonyl (C=O) groups is 3. The van der Waals surface area contributed by atoms with E-state index in [1.54, 1.807) is 31.2 Å². The number of aryl methyl sites for hydroxylation is 1. The number of halogens is 1. The highest BCUT2D eigenvalue weighted by Gasteiger charge is 2.37. The molecule has 4 rings (SSSR count). The summed E-state index contributed by atoms with van der Waals surface area (Å²) in [6, 6.07) is 15.6. The lowest BCUT2D eigenvalue weighted by Gasteiger charge is -2.27. The molecule has 1 saturated heterocycles. The summed E-state index contributed by atoms with van der Waals surface area (Å²) in [5.41, 5.74) is 3.41. The second-order valence-electron chi connectivity index (χ2n) is 6.98. The lowest BCUT2D eigenvalue weighted by atomic mass is 10.1. The van der Waals surface area contributed by atoms with E-state index in [0.29, 0.717) is 22.0 Å². The van der Waals surface area contributed by atoms with Crippen LogP contribution in [0.3, 0.4) is 0 Å². The molecule has 0 saturated carbocycles. The molecule has 3 aromatic rings. The first-order valence-electron chi connectivity index (χ1n) is 9.28. The largest absolute Gasteiger partial charge is 0.335 e. The fourth-order valence-corrected chi connectivity index (χ4v) is 3.48. The van der Waals surface area contributed by atoms with Gasteiger partial charge in [0.15, 0.2) is 0 Å². The zero-order chi connectivity index (χ0) is 21.4. The van der Waals surface area contributed by atoms with Crippen LogP contribution in [0.25, 0.3) is 11.8 Å². The Labute approximate surface area is 178 Å². The van der Waals surface area contributed by atoms with E-state index in [0.717, 1.165) is 16.2 Å². The van der Waals surface area contributed by atoms with Gasteiger partial charge >= 0.3 is 6.03 Å². The van der Waals surface area contributed by atoms with Gasteiger partial charge in [0.05, 0.1) is 5.69 Å². The van der Waals surface area contributed by atoms with E-state index in [4.69, 9.17) is 11.6 Å². The van der Waals surface area contributed by atoms with Crippen LogP contribution in [0.4, 0.5) is 10.5 Å². The summed E-state index contributed by atoms with van der Waals surface area (Å²) < 4.78 is 1.86. The molecule has 0 spiro atoms. The number of hydrogen-bond acceptors (Lipinski definition) is 3. The van der Waals surface area contributed by atoms with Crippen molar-refractivity contribution in [3.8, 4) is 5.69 Å². The molecular formula is C23H18ClN3O3. The van der Waals surface area contributed by atoms with E-state index in [9.17, 15) is 14.4 Å². The van der Waals surface area contributed by atoms with E-state index in [-0.39, 0.29) is 5.57 Å². The Bertz CT molecular complexity index is 1210. The molecule has 0 unspecified atom stereocenters. The Morgan fingerprint density at radius 3 is 2.40 bits per heavy atom. The highest BCUT2D eigenvalue weighted by Crippen LogP contribution is 2.29. The van der Waals surface area contributed by atoms with Crippen LogP contribution in [0.1, 0.15) is 16.8 Å². The fraction of sp³-hybridized carbons (Fsp3) is 0.0870. The predicted octanol–water partition coefficient (Wildman–Crippen LogP) is 4.41. The van der Waals surface area contributed by atoms with Crippen molar-refractivity contribution < 1.29 is 14.4 Å². The van der Waals surface area contributed by atoms with Gasteiger partial charge in [0, 0.05) is 22.6 Å². The van der Waals surface area contributed by atoms with Gasteiger partial charge in [-0.15, -0.1) is 0 Å². The summed E-state index contributed by atoms with van der Waals surface area (Å²) in [5, 5.41) is 2.66. The van der Waals surface area contributed by atoms with Crippen LogP contribution in [-0.2, 0) is 9.59 Å². The minimum atomic E-state index is -0.804. The highest BCUT2D eigenvalue weighted by atomic mass is 35.5. The number of amides is 4. The van der Waals surface area contributed by atoms with Gasteiger partial charge in [-0.2, -0.15) is 0 Å². The molecule has 2 heterocycles. The van der Waals surface area contributed by atoms with E-state index >= 15 is 0 Å². The number of anilines is 1. The van der Waals surface area contributed by atoms with E-state index in [1.165, 1.54) is 6.08 Å². The summed E-state index contributed by atoms with van der Waals surface area (Å²) in [6.07, 6.45) is 3.32. The smallest absolute Gasteiger partial charge is 0.317 e. The Morgan fingerprint density at radius 2 is 1.67 bits per heavy atom. The molecule has 1 aromatic heterocycles. The van der Waals surface area contributed by atoms with Crippen LogP contribution in [0.5, 0.6) is 0 Å². The summed E-state index contributed by atoms with van der Waals surface area (Å²) in [5.74, 6) is -1.44. The number of hydrogen-bond donors (Lipinski definition) is 1. The number of nitrogens with zero attached hydrogens (tertiary/aromatic N) is 2. The van der Waals surface area contributed by atoms with Gasteiger partial charge in [0.1, 0.15) is 5.57 Å². The molecule has 1 fully saturated rings. The SMILES string of the molecule is Cc1ccc(-n2cccc2/C=C2/C(=O)NC(=O)N(c3cccc(Cl)c3C)C2=O)cc1. The van der Waals surface area contributed by atoms with E-state index in [2.05, 4.69) is 5.32 Å². The monoisotopic (exact) mass is 419 g/mol. The Morgan fingerprint density at radius 1 is 0.933 bits per heavy atom. The number of urea groups is 1. The lowest BCUT2D eigenvalue weighted by Crippen LogP contribution is -2.54. The van der Waals surface area contributed by atoms with Crippen molar-refractivity contribution in [2.24, 2.45) is 0 Å². The number of nitrogens with one attached hydrogen (secondary N) is 1. The van der Waals surface area contributed by atoms with Gasteiger partial charge < -0.3 is 4.57 Å². The van der Waals surface area contributed by atoms with Gasteiger partial charge in [0.25, 0.3) is 11.8 Å².